The molecule has 2 N–H and O–H groups in total. The lowest BCUT2D eigenvalue weighted by atomic mass is 10.2. The highest BCUT2D eigenvalue weighted by Crippen LogP contribution is 2.12. The Balaban J connectivity index is 2.14. The van der Waals surface area contributed by atoms with Crippen molar-refractivity contribution >= 4 is 17.6 Å². The van der Waals surface area contributed by atoms with Crippen LogP contribution < -0.4 is 10.7 Å². The number of anilines is 2. The average Bonchev–Trinajstić information content (AvgIpc) is 2.38. The van der Waals surface area contributed by atoms with Gasteiger partial charge in [0.2, 0.25) is 0 Å². The maximum Gasteiger partial charge on any atom is 0.0590 e. The number of nitrogens with two attached hydrogens (primary N) is 1. The van der Waals surface area contributed by atoms with Gasteiger partial charge in [0.25, 0.3) is 0 Å². The number of hydrogen-bond acceptors (Lipinski definition) is 3. The molecule has 0 aromatic heterocycles. The van der Waals surface area contributed by atoms with Gasteiger partial charge in [-0.1, -0.05) is 36.4 Å². The van der Waals surface area contributed by atoms with Gasteiger partial charge in [-0.25, -0.2) is 0 Å². The predicted molar refractivity (Wildman–Crippen MR) is 73.3 cm³/mol. The van der Waals surface area contributed by atoms with Crippen molar-refractivity contribution < 1.29 is 0 Å². The fourth-order valence-corrected chi connectivity index (χ4v) is 1.49. The van der Waals surface area contributed by atoms with E-state index in [1.165, 1.54) is 0 Å². The van der Waals surface area contributed by atoms with Gasteiger partial charge >= 0.3 is 0 Å². The summed E-state index contributed by atoms with van der Waals surface area (Å²) in [4.78, 5) is 0. The molecule has 0 heterocycles. The van der Waals surface area contributed by atoms with Gasteiger partial charge in [0, 0.05) is 18.3 Å². The molecule has 0 fully saturated rings. The molecule has 0 unspecified atom stereocenters. The second kappa shape index (κ2) is 5.16. The highest BCUT2D eigenvalue weighted by Gasteiger charge is 1.97. The van der Waals surface area contributed by atoms with E-state index in [2.05, 4.69) is 5.10 Å². The van der Waals surface area contributed by atoms with Crippen LogP contribution in [0.1, 0.15) is 5.56 Å². The molecule has 0 atom stereocenters. The van der Waals surface area contributed by atoms with Crippen molar-refractivity contribution in [3.63, 3.8) is 0 Å². The van der Waals surface area contributed by atoms with Crippen LogP contribution in [0.3, 0.4) is 0 Å². The third kappa shape index (κ3) is 2.84. The molecule has 0 radical (unpaired) electrons. The summed E-state index contributed by atoms with van der Waals surface area (Å²) < 4.78 is 0. The van der Waals surface area contributed by atoms with Crippen LogP contribution in [0.5, 0.6) is 0 Å². The van der Waals surface area contributed by atoms with Gasteiger partial charge in [-0.2, -0.15) is 5.10 Å². The van der Waals surface area contributed by atoms with E-state index >= 15 is 0 Å². The van der Waals surface area contributed by atoms with Crippen molar-refractivity contribution in [1.82, 2.24) is 0 Å². The lowest BCUT2D eigenvalue weighted by molar-refractivity contribution is 1.02. The minimum absolute atomic E-state index is 0.734. The molecule has 2 aromatic carbocycles. The van der Waals surface area contributed by atoms with Crippen LogP contribution in [0.25, 0.3) is 0 Å². The maximum absolute atomic E-state index is 5.84. The van der Waals surface area contributed by atoms with Crippen LogP contribution in [0.2, 0.25) is 0 Å². The number of para-hydroxylation sites is 2. The van der Waals surface area contributed by atoms with Crippen molar-refractivity contribution in [2.24, 2.45) is 5.10 Å². The lowest BCUT2D eigenvalue weighted by Crippen LogP contribution is -2.08. The zero-order valence-electron chi connectivity index (χ0n) is 9.75. The van der Waals surface area contributed by atoms with Crippen LogP contribution in [-0.4, -0.2) is 13.3 Å². The van der Waals surface area contributed by atoms with E-state index in [4.69, 9.17) is 5.73 Å². The summed E-state index contributed by atoms with van der Waals surface area (Å²) in [6.45, 7) is 0. The quantitative estimate of drug-likeness (QED) is 0.496. The SMILES string of the molecule is CN(N=Cc1ccccc1N)c1ccccc1. The van der Waals surface area contributed by atoms with Gasteiger partial charge in [-0.15, -0.1) is 0 Å². The molecular weight excluding hydrogens is 210 g/mol. The molecule has 2 rings (SSSR count). The predicted octanol–water partition coefficient (Wildman–Crippen LogP) is 2.74. The molecule has 3 heteroatoms. The molecule has 0 aliphatic carbocycles. The van der Waals surface area contributed by atoms with Gasteiger partial charge in [0.15, 0.2) is 0 Å². The number of nitrogens with zero attached hydrogens (tertiary/aromatic N) is 2. The Morgan fingerprint density at radius 3 is 2.35 bits per heavy atom. The summed E-state index contributed by atoms with van der Waals surface area (Å²) in [6, 6.07) is 17.6. The summed E-state index contributed by atoms with van der Waals surface area (Å²) in [5.74, 6) is 0. The monoisotopic (exact) mass is 225 g/mol. The fraction of sp³-hybridized carbons (Fsp3) is 0.0714. The smallest absolute Gasteiger partial charge is 0.0590 e. The fourth-order valence-electron chi connectivity index (χ4n) is 1.49. The average molecular weight is 225 g/mol. The third-order valence-corrected chi connectivity index (χ3v) is 2.50. The zero-order chi connectivity index (χ0) is 12.1. The summed E-state index contributed by atoms with van der Waals surface area (Å²) in [7, 11) is 1.91. The van der Waals surface area contributed by atoms with E-state index in [9.17, 15) is 0 Å². The van der Waals surface area contributed by atoms with Crippen molar-refractivity contribution in [3.05, 3.63) is 60.2 Å². The Labute approximate surface area is 101 Å². The molecule has 86 valence electrons. The van der Waals surface area contributed by atoms with Gasteiger partial charge in [-0.3, -0.25) is 5.01 Å². The standard InChI is InChI=1S/C14H15N3/c1-17(13-8-3-2-4-9-13)16-11-12-7-5-6-10-14(12)15/h2-11H,15H2,1H3. The first-order valence-electron chi connectivity index (χ1n) is 5.44. The molecule has 2 aromatic rings. The topological polar surface area (TPSA) is 41.6 Å². The summed E-state index contributed by atoms with van der Waals surface area (Å²) >= 11 is 0. The molecule has 0 aliphatic heterocycles. The number of nitrogen functional groups attached to an aromatic ring is 1. The van der Waals surface area contributed by atoms with Crippen LogP contribution in [0.4, 0.5) is 11.4 Å². The van der Waals surface area contributed by atoms with E-state index in [-0.39, 0.29) is 0 Å². The number of hydrazone groups is 1. The lowest BCUT2D eigenvalue weighted by Gasteiger charge is -2.12. The Morgan fingerprint density at radius 2 is 1.65 bits per heavy atom. The number of hydrogen-bond donors (Lipinski definition) is 1. The van der Waals surface area contributed by atoms with Crippen molar-refractivity contribution in [3.8, 4) is 0 Å². The highest BCUT2D eigenvalue weighted by molar-refractivity contribution is 5.87. The Bertz CT molecular complexity index is 506. The van der Waals surface area contributed by atoms with E-state index in [0.29, 0.717) is 0 Å². The summed E-state index contributed by atoms with van der Waals surface area (Å²) in [5, 5.41) is 6.17. The second-order valence-corrected chi connectivity index (χ2v) is 3.73. The number of rotatable bonds is 3. The molecule has 0 spiro atoms. The largest absolute Gasteiger partial charge is 0.398 e. The molecular formula is C14H15N3. The maximum atomic E-state index is 5.84. The van der Waals surface area contributed by atoms with Crippen molar-refractivity contribution in [2.45, 2.75) is 0 Å². The molecule has 3 nitrogen and oxygen atoms in total. The van der Waals surface area contributed by atoms with Crippen LogP contribution >= 0.6 is 0 Å². The highest BCUT2D eigenvalue weighted by atomic mass is 15.4. The normalized spacial score (nSPS) is 10.6. The first kappa shape index (κ1) is 11.2. The van der Waals surface area contributed by atoms with E-state index in [1.807, 2.05) is 66.7 Å². The second-order valence-electron chi connectivity index (χ2n) is 3.73. The van der Waals surface area contributed by atoms with Crippen molar-refractivity contribution in [1.29, 1.82) is 0 Å². The summed E-state index contributed by atoms with van der Waals surface area (Å²) in [6.07, 6.45) is 1.77. The van der Waals surface area contributed by atoms with Crippen LogP contribution in [0, 0.1) is 0 Å². The first-order valence-corrected chi connectivity index (χ1v) is 5.44. The van der Waals surface area contributed by atoms with Gasteiger partial charge < -0.3 is 5.73 Å². The van der Waals surface area contributed by atoms with Crippen molar-refractivity contribution in [2.75, 3.05) is 17.8 Å². The summed E-state index contributed by atoms with van der Waals surface area (Å²) in [5.41, 5.74) is 8.54. The minimum Gasteiger partial charge on any atom is -0.398 e. The molecule has 0 aliphatic rings. The molecule has 0 saturated carbocycles. The zero-order valence-corrected chi connectivity index (χ0v) is 9.75. The molecule has 0 amide bonds. The minimum atomic E-state index is 0.734. The first-order chi connectivity index (χ1) is 8.27. The third-order valence-electron chi connectivity index (χ3n) is 2.50. The van der Waals surface area contributed by atoms with Gasteiger partial charge in [-0.05, 0) is 18.2 Å². The Hall–Kier alpha value is -2.29. The van der Waals surface area contributed by atoms with Gasteiger partial charge in [0.1, 0.15) is 0 Å². The van der Waals surface area contributed by atoms with E-state index < -0.39 is 0 Å². The van der Waals surface area contributed by atoms with Crippen LogP contribution in [-0.2, 0) is 0 Å². The molecule has 0 saturated heterocycles. The number of benzene rings is 2. The Morgan fingerprint density at radius 1 is 1.00 bits per heavy atom. The van der Waals surface area contributed by atoms with Crippen LogP contribution in [0.15, 0.2) is 59.7 Å². The van der Waals surface area contributed by atoms with E-state index in [0.717, 1.165) is 16.9 Å². The van der Waals surface area contributed by atoms with Gasteiger partial charge in [0.05, 0.1) is 11.9 Å². The van der Waals surface area contributed by atoms with E-state index in [1.54, 1.807) is 6.21 Å². The molecule has 0 bridgehead atoms. The molecule has 17 heavy (non-hydrogen) atoms. The Kier molecular flexibility index (Phi) is 3.40.